The molecule has 0 fully saturated rings. The highest BCUT2D eigenvalue weighted by Gasteiger charge is 2.21. The van der Waals surface area contributed by atoms with Gasteiger partial charge in [0.05, 0.1) is 0 Å². The Hall–Kier alpha value is -3.80. The minimum absolute atomic E-state index is 0.358. The van der Waals surface area contributed by atoms with Gasteiger partial charge in [0, 0.05) is 40.7 Å². The van der Waals surface area contributed by atoms with Crippen LogP contribution in [-0.2, 0) is 24.4 Å². The number of para-hydroxylation sites is 1. The normalized spacial score (nSPS) is 12.1. The summed E-state index contributed by atoms with van der Waals surface area (Å²) in [6, 6.07) is 26.7. The van der Waals surface area contributed by atoms with Gasteiger partial charge in [-0.3, -0.25) is 10.1 Å². The number of aromatic amines is 1. The summed E-state index contributed by atoms with van der Waals surface area (Å²) in [4.78, 5) is 15.4. The molecule has 6 heteroatoms. The lowest BCUT2D eigenvalue weighted by Gasteiger charge is -2.18. The van der Waals surface area contributed by atoms with Gasteiger partial charge in [0.1, 0.15) is 18.4 Å². The third-order valence-electron chi connectivity index (χ3n) is 6.23. The van der Waals surface area contributed by atoms with Crippen LogP contribution < -0.4 is 10.1 Å². The number of hydrogen-bond donors (Lipinski definition) is 3. The Bertz CT molecular complexity index is 1480. The average Bonchev–Trinajstić information content (AvgIpc) is 3.29. The lowest BCUT2D eigenvalue weighted by atomic mass is 10.0. The molecule has 176 valence electrons. The number of carbonyl (C=O) groups is 1. The first-order valence-electron chi connectivity index (χ1n) is 11.5. The average molecular weight is 485 g/mol. The van der Waals surface area contributed by atoms with Crippen LogP contribution in [-0.4, -0.2) is 22.1 Å². The molecule has 0 amide bonds. The number of carboxylic acid groups (broad SMARTS) is 1. The number of halogens is 1. The maximum atomic E-state index is 12.2. The van der Waals surface area contributed by atoms with Crippen molar-refractivity contribution >= 4 is 39.2 Å². The van der Waals surface area contributed by atoms with Gasteiger partial charge in [-0.25, -0.2) is 0 Å². The summed E-state index contributed by atoms with van der Waals surface area (Å²) in [6.45, 7) is 0.747. The van der Waals surface area contributed by atoms with Crippen molar-refractivity contribution in [3.63, 3.8) is 0 Å². The molecule has 0 aliphatic heterocycles. The highest BCUT2D eigenvalue weighted by Crippen LogP contribution is 2.29. The van der Waals surface area contributed by atoms with Gasteiger partial charge < -0.3 is 14.8 Å². The van der Waals surface area contributed by atoms with Gasteiger partial charge in [-0.05, 0) is 46.2 Å². The molecule has 0 saturated carbocycles. The van der Waals surface area contributed by atoms with E-state index in [-0.39, 0.29) is 0 Å². The number of benzene rings is 4. The standard InChI is InChI=1S/C29H25ClN2O3/c30-22-12-9-19(10-13-22)18-35-28-14-11-20-5-1-2-6-23(20)25(28)17-32-27(29(33)34)15-21-16-31-26-8-4-3-7-24(21)26/h1-14,16,27,31-32H,15,17-18H2,(H,33,34)/t27-/m0/s1. The molecule has 1 atom stereocenters. The van der Waals surface area contributed by atoms with Gasteiger partial charge in [0.2, 0.25) is 0 Å². The number of nitrogens with one attached hydrogen (secondary N) is 2. The van der Waals surface area contributed by atoms with Crippen LogP contribution in [0.4, 0.5) is 0 Å². The highest BCUT2D eigenvalue weighted by molar-refractivity contribution is 6.30. The first-order valence-corrected chi connectivity index (χ1v) is 11.9. The molecule has 0 aliphatic rings. The van der Waals surface area contributed by atoms with E-state index in [0.29, 0.717) is 24.6 Å². The van der Waals surface area contributed by atoms with Gasteiger partial charge in [-0.1, -0.05) is 72.3 Å². The fraction of sp³-hybridized carbons (Fsp3) is 0.138. The fourth-order valence-corrected chi connectivity index (χ4v) is 4.49. The van der Waals surface area contributed by atoms with E-state index in [1.807, 2.05) is 91.1 Å². The lowest BCUT2D eigenvalue weighted by molar-refractivity contribution is -0.139. The molecule has 0 spiro atoms. The second kappa shape index (κ2) is 10.2. The van der Waals surface area contributed by atoms with Gasteiger partial charge in [-0.2, -0.15) is 0 Å². The smallest absolute Gasteiger partial charge is 0.321 e. The van der Waals surface area contributed by atoms with Crippen LogP contribution in [0, 0.1) is 0 Å². The molecule has 4 aromatic carbocycles. The van der Waals surface area contributed by atoms with Crippen molar-refractivity contribution in [2.24, 2.45) is 0 Å². The highest BCUT2D eigenvalue weighted by atomic mass is 35.5. The Labute approximate surface area is 208 Å². The summed E-state index contributed by atoms with van der Waals surface area (Å²) < 4.78 is 6.19. The summed E-state index contributed by atoms with van der Waals surface area (Å²) >= 11 is 6.00. The number of hydrogen-bond acceptors (Lipinski definition) is 3. The van der Waals surface area contributed by atoms with Crippen molar-refractivity contribution in [2.75, 3.05) is 0 Å². The van der Waals surface area contributed by atoms with E-state index in [2.05, 4.69) is 10.3 Å². The van der Waals surface area contributed by atoms with E-state index in [1.54, 1.807) is 0 Å². The molecule has 1 aromatic heterocycles. The number of fused-ring (bicyclic) bond motifs is 2. The van der Waals surface area contributed by atoms with Gasteiger partial charge in [0.15, 0.2) is 0 Å². The number of aromatic nitrogens is 1. The monoisotopic (exact) mass is 484 g/mol. The number of ether oxygens (including phenoxy) is 1. The molecule has 0 bridgehead atoms. The van der Waals surface area contributed by atoms with Crippen molar-refractivity contribution in [3.8, 4) is 5.75 Å². The van der Waals surface area contributed by atoms with Crippen molar-refractivity contribution in [2.45, 2.75) is 25.6 Å². The second-order valence-electron chi connectivity index (χ2n) is 8.51. The maximum Gasteiger partial charge on any atom is 0.321 e. The van der Waals surface area contributed by atoms with Crippen molar-refractivity contribution < 1.29 is 14.6 Å². The Kier molecular flexibility index (Phi) is 6.70. The summed E-state index contributed by atoms with van der Waals surface area (Å²) in [5.74, 6) is -0.165. The molecule has 0 aliphatic carbocycles. The molecule has 35 heavy (non-hydrogen) atoms. The largest absolute Gasteiger partial charge is 0.489 e. The lowest BCUT2D eigenvalue weighted by Crippen LogP contribution is -2.38. The molecule has 5 nitrogen and oxygen atoms in total. The second-order valence-corrected chi connectivity index (χ2v) is 8.95. The van der Waals surface area contributed by atoms with E-state index < -0.39 is 12.0 Å². The number of aliphatic carboxylic acids is 1. The third-order valence-corrected chi connectivity index (χ3v) is 6.48. The van der Waals surface area contributed by atoms with E-state index in [9.17, 15) is 9.90 Å². The zero-order valence-corrected chi connectivity index (χ0v) is 19.8. The first kappa shape index (κ1) is 23.0. The molecule has 5 aromatic rings. The summed E-state index contributed by atoms with van der Waals surface area (Å²) in [7, 11) is 0. The van der Waals surface area contributed by atoms with E-state index in [4.69, 9.17) is 16.3 Å². The molecule has 5 rings (SSSR count). The zero-order valence-electron chi connectivity index (χ0n) is 19.0. The number of carboxylic acids is 1. The van der Waals surface area contributed by atoms with Crippen LogP contribution in [0.15, 0.2) is 91.1 Å². The van der Waals surface area contributed by atoms with Crippen molar-refractivity contribution in [1.82, 2.24) is 10.3 Å². The number of rotatable bonds is 9. The first-order chi connectivity index (χ1) is 17.1. The van der Waals surface area contributed by atoms with Crippen LogP contribution >= 0.6 is 11.6 Å². The molecular weight excluding hydrogens is 460 g/mol. The summed E-state index contributed by atoms with van der Waals surface area (Å²) in [6.07, 6.45) is 2.26. The minimum atomic E-state index is -0.890. The minimum Gasteiger partial charge on any atom is -0.489 e. The fourth-order valence-electron chi connectivity index (χ4n) is 4.37. The molecule has 0 radical (unpaired) electrons. The van der Waals surface area contributed by atoms with E-state index in [1.165, 1.54) is 0 Å². The molecule has 3 N–H and O–H groups in total. The Morgan fingerprint density at radius 2 is 1.69 bits per heavy atom. The molecular formula is C29H25ClN2O3. The van der Waals surface area contributed by atoms with E-state index >= 15 is 0 Å². The van der Waals surface area contributed by atoms with Crippen LogP contribution in [0.25, 0.3) is 21.7 Å². The molecule has 0 saturated heterocycles. The summed E-state index contributed by atoms with van der Waals surface area (Å²) in [5, 5.41) is 17.1. The number of H-pyrrole nitrogens is 1. The van der Waals surface area contributed by atoms with Gasteiger partial charge >= 0.3 is 5.97 Å². The Morgan fingerprint density at radius 3 is 2.49 bits per heavy atom. The predicted octanol–water partition coefficient (Wildman–Crippen LogP) is 6.34. The third kappa shape index (κ3) is 5.16. The van der Waals surface area contributed by atoms with Gasteiger partial charge in [0.25, 0.3) is 0 Å². The van der Waals surface area contributed by atoms with Crippen LogP contribution in [0.3, 0.4) is 0 Å². The molecule has 0 unspecified atom stereocenters. The quantitative estimate of drug-likeness (QED) is 0.228. The van der Waals surface area contributed by atoms with Crippen molar-refractivity contribution in [1.29, 1.82) is 0 Å². The van der Waals surface area contributed by atoms with E-state index in [0.717, 1.165) is 44.1 Å². The summed E-state index contributed by atoms with van der Waals surface area (Å²) in [5.41, 5.74) is 3.91. The Morgan fingerprint density at radius 1 is 0.943 bits per heavy atom. The SMILES string of the molecule is O=C(O)[C@H](Cc1c[nH]c2ccccc12)NCc1c(OCc2ccc(Cl)cc2)ccc2ccccc12. The van der Waals surface area contributed by atoms with Crippen molar-refractivity contribution in [3.05, 3.63) is 113 Å². The van der Waals surface area contributed by atoms with Gasteiger partial charge in [-0.15, -0.1) is 0 Å². The zero-order chi connectivity index (χ0) is 24.2. The van der Waals surface area contributed by atoms with Crippen LogP contribution in [0.1, 0.15) is 16.7 Å². The Balaban J connectivity index is 1.39. The van der Waals surface area contributed by atoms with Crippen LogP contribution in [0.5, 0.6) is 5.75 Å². The molecule has 1 heterocycles. The maximum absolute atomic E-state index is 12.2. The topological polar surface area (TPSA) is 74.3 Å². The predicted molar refractivity (Wildman–Crippen MR) is 140 cm³/mol. The van der Waals surface area contributed by atoms with Crippen LogP contribution in [0.2, 0.25) is 5.02 Å².